The summed E-state index contributed by atoms with van der Waals surface area (Å²) in [5.74, 6) is -0.0975. The Balaban J connectivity index is 1.84. The fourth-order valence-electron chi connectivity index (χ4n) is 2.09. The van der Waals surface area contributed by atoms with E-state index < -0.39 is 0 Å². The first-order chi connectivity index (χ1) is 9.76. The first-order valence-corrected chi connectivity index (χ1v) is 7.51. The molecule has 3 aromatic rings. The highest BCUT2D eigenvalue weighted by atomic mass is 32.2. The Kier molecular flexibility index (Phi) is 3.48. The summed E-state index contributed by atoms with van der Waals surface area (Å²) in [6.45, 7) is 0. The zero-order chi connectivity index (χ0) is 13.9. The Bertz CT molecular complexity index is 764. The van der Waals surface area contributed by atoms with Crippen LogP contribution in [0.1, 0.15) is 10.4 Å². The number of aromatic amines is 1. The number of anilines is 1. The van der Waals surface area contributed by atoms with Gasteiger partial charge in [0.05, 0.1) is 0 Å². The van der Waals surface area contributed by atoms with Crippen molar-refractivity contribution in [1.82, 2.24) is 4.98 Å². The Labute approximate surface area is 121 Å². The molecule has 0 spiro atoms. The molecule has 4 heteroatoms. The molecule has 1 amide bonds. The molecular weight excluding hydrogens is 268 g/mol. The SMILES string of the molecule is CSc1cccc(NC(=O)c2ccc3cc[nH]c3c2)c1. The van der Waals surface area contributed by atoms with Crippen molar-refractivity contribution in [3.63, 3.8) is 0 Å². The average Bonchev–Trinajstić information content (AvgIpc) is 2.94. The van der Waals surface area contributed by atoms with Gasteiger partial charge in [0.15, 0.2) is 0 Å². The highest BCUT2D eigenvalue weighted by molar-refractivity contribution is 7.98. The number of hydrogen-bond acceptors (Lipinski definition) is 2. The van der Waals surface area contributed by atoms with E-state index in [9.17, 15) is 4.79 Å². The van der Waals surface area contributed by atoms with Crippen molar-refractivity contribution in [2.24, 2.45) is 0 Å². The van der Waals surface area contributed by atoms with Gasteiger partial charge in [-0.15, -0.1) is 11.8 Å². The van der Waals surface area contributed by atoms with Crippen LogP contribution in [0.25, 0.3) is 10.9 Å². The van der Waals surface area contributed by atoms with Gasteiger partial charge >= 0.3 is 0 Å². The number of hydrogen-bond donors (Lipinski definition) is 2. The Morgan fingerprint density at radius 1 is 1.15 bits per heavy atom. The lowest BCUT2D eigenvalue weighted by Gasteiger charge is -2.06. The maximum Gasteiger partial charge on any atom is 0.255 e. The molecule has 0 fully saturated rings. The summed E-state index contributed by atoms with van der Waals surface area (Å²) in [7, 11) is 0. The van der Waals surface area contributed by atoms with Crippen molar-refractivity contribution in [2.45, 2.75) is 4.90 Å². The number of carbonyl (C=O) groups is 1. The topological polar surface area (TPSA) is 44.9 Å². The molecule has 3 nitrogen and oxygen atoms in total. The monoisotopic (exact) mass is 282 g/mol. The molecule has 0 aliphatic heterocycles. The molecule has 3 rings (SSSR count). The molecule has 20 heavy (non-hydrogen) atoms. The maximum atomic E-state index is 12.2. The van der Waals surface area contributed by atoms with Gasteiger partial charge in [-0.05, 0) is 48.0 Å². The van der Waals surface area contributed by atoms with Crippen LogP contribution in [0.2, 0.25) is 0 Å². The molecule has 100 valence electrons. The Morgan fingerprint density at radius 3 is 2.90 bits per heavy atom. The Hall–Kier alpha value is -2.20. The number of amides is 1. The van der Waals surface area contributed by atoms with E-state index in [2.05, 4.69) is 10.3 Å². The molecule has 1 aromatic heterocycles. The highest BCUT2D eigenvalue weighted by Gasteiger charge is 2.07. The van der Waals surface area contributed by atoms with Crippen LogP contribution < -0.4 is 5.32 Å². The third-order valence-corrected chi connectivity index (χ3v) is 3.87. The largest absolute Gasteiger partial charge is 0.361 e. The van der Waals surface area contributed by atoms with E-state index in [1.54, 1.807) is 11.8 Å². The van der Waals surface area contributed by atoms with E-state index in [0.717, 1.165) is 21.5 Å². The third-order valence-electron chi connectivity index (χ3n) is 3.14. The predicted molar refractivity (Wildman–Crippen MR) is 84.5 cm³/mol. The second-order valence-corrected chi connectivity index (χ2v) is 5.35. The summed E-state index contributed by atoms with van der Waals surface area (Å²) in [6, 6.07) is 15.5. The van der Waals surface area contributed by atoms with Crippen molar-refractivity contribution in [1.29, 1.82) is 0 Å². The number of benzene rings is 2. The molecule has 0 aliphatic rings. The molecule has 2 aromatic carbocycles. The zero-order valence-corrected chi connectivity index (χ0v) is 11.8. The normalized spacial score (nSPS) is 10.7. The summed E-state index contributed by atoms with van der Waals surface area (Å²) in [5.41, 5.74) is 2.43. The van der Waals surface area contributed by atoms with Gasteiger partial charge in [0.2, 0.25) is 0 Å². The summed E-state index contributed by atoms with van der Waals surface area (Å²) >= 11 is 1.65. The lowest BCUT2D eigenvalue weighted by atomic mass is 10.1. The maximum absolute atomic E-state index is 12.2. The van der Waals surface area contributed by atoms with Crippen LogP contribution in [0, 0.1) is 0 Å². The summed E-state index contributed by atoms with van der Waals surface area (Å²) in [6.07, 6.45) is 3.88. The van der Waals surface area contributed by atoms with Crippen LogP contribution in [-0.4, -0.2) is 17.1 Å². The third kappa shape index (κ3) is 2.56. The minimum Gasteiger partial charge on any atom is -0.361 e. The molecule has 0 unspecified atom stereocenters. The number of thioether (sulfide) groups is 1. The standard InChI is InChI=1S/C16H14N2OS/c1-20-14-4-2-3-13(10-14)18-16(19)12-6-5-11-7-8-17-15(11)9-12/h2-10,17H,1H3,(H,18,19). The van der Waals surface area contributed by atoms with Gasteiger partial charge in [0.1, 0.15) is 0 Å². The fraction of sp³-hybridized carbons (Fsp3) is 0.0625. The fourth-order valence-corrected chi connectivity index (χ4v) is 2.55. The number of fused-ring (bicyclic) bond motifs is 1. The lowest BCUT2D eigenvalue weighted by molar-refractivity contribution is 0.102. The van der Waals surface area contributed by atoms with Gasteiger partial charge in [-0.2, -0.15) is 0 Å². The van der Waals surface area contributed by atoms with E-state index in [1.165, 1.54) is 0 Å². The van der Waals surface area contributed by atoms with Crippen LogP contribution >= 0.6 is 11.8 Å². The van der Waals surface area contributed by atoms with Crippen LogP contribution in [0.15, 0.2) is 59.6 Å². The first kappa shape index (κ1) is 12.8. The van der Waals surface area contributed by atoms with E-state index in [0.29, 0.717) is 5.56 Å². The molecule has 1 heterocycles. The summed E-state index contributed by atoms with van der Waals surface area (Å²) in [5, 5.41) is 4.03. The van der Waals surface area contributed by atoms with Gasteiger partial charge in [-0.1, -0.05) is 12.1 Å². The molecule has 0 saturated heterocycles. The van der Waals surface area contributed by atoms with Crippen molar-refractivity contribution < 1.29 is 4.79 Å². The molecule has 2 N–H and O–H groups in total. The molecule has 0 bridgehead atoms. The second-order valence-electron chi connectivity index (χ2n) is 4.47. The molecule has 0 aliphatic carbocycles. The van der Waals surface area contributed by atoms with Crippen molar-refractivity contribution in [3.8, 4) is 0 Å². The number of H-pyrrole nitrogens is 1. The molecule has 0 atom stereocenters. The van der Waals surface area contributed by atoms with Gasteiger partial charge in [0, 0.05) is 27.9 Å². The van der Waals surface area contributed by atoms with E-state index in [-0.39, 0.29) is 5.91 Å². The van der Waals surface area contributed by atoms with E-state index >= 15 is 0 Å². The zero-order valence-electron chi connectivity index (χ0n) is 11.0. The van der Waals surface area contributed by atoms with Gasteiger partial charge in [-0.3, -0.25) is 4.79 Å². The number of nitrogens with one attached hydrogen (secondary N) is 2. The van der Waals surface area contributed by atoms with Gasteiger partial charge in [0.25, 0.3) is 5.91 Å². The lowest BCUT2D eigenvalue weighted by Crippen LogP contribution is -2.11. The van der Waals surface area contributed by atoms with E-state index in [1.807, 2.05) is 61.0 Å². The minimum absolute atomic E-state index is 0.0975. The van der Waals surface area contributed by atoms with Crippen LogP contribution in [-0.2, 0) is 0 Å². The second kappa shape index (κ2) is 5.43. The van der Waals surface area contributed by atoms with Crippen LogP contribution in [0.5, 0.6) is 0 Å². The van der Waals surface area contributed by atoms with E-state index in [4.69, 9.17) is 0 Å². The number of carbonyl (C=O) groups excluding carboxylic acids is 1. The Morgan fingerprint density at radius 2 is 2.05 bits per heavy atom. The number of aromatic nitrogens is 1. The van der Waals surface area contributed by atoms with Crippen molar-refractivity contribution in [3.05, 3.63) is 60.3 Å². The smallest absolute Gasteiger partial charge is 0.255 e. The van der Waals surface area contributed by atoms with Crippen molar-refractivity contribution >= 4 is 34.3 Å². The molecule has 0 radical (unpaired) electrons. The van der Waals surface area contributed by atoms with Crippen molar-refractivity contribution in [2.75, 3.05) is 11.6 Å². The highest BCUT2D eigenvalue weighted by Crippen LogP contribution is 2.20. The quantitative estimate of drug-likeness (QED) is 0.709. The summed E-state index contributed by atoms with van der Waals surface area (Å²) in [4.78, 5) is 16.5. The van der Waals surface area contributed by atoms with Gasteiger partial charge in [-0.25, -0.2) is 0 Å². The number of rotatable bonds is 3. The van der Waals surface area contributed by atoms with Gasteiger partial charge < -0.3 is 10.3 Å². The first-order valence-electron chi connectivity index (χ1n) is 6.29. The minimum atomic E-state index is -0.0975. The van der Waals surface area contributed by atoms with Crippen LogP contribution in [0.4, 0.5) is 5.69 Å². The molecular formula is C16H14N2OS. The molecule has 0 saturated carbocycles. The predicted octanol–water partition coefficient (Wildman–Crippen LogP) is 4.14. The van der Waals surface area contributed by atoms with Crippen LogP contribution in [0.3, 0.4) is 0 Å². The summed E-state index contributed by atoms with van der Waals surface area (Å²) < 4.78 is 0. The average molecular weight is 282 g/mol.